The van der Waals surface area contributed by atoms with Gasteiger partial charge in [0.1, 0.15) is 16.3 Å². The van der Waals surface area contributed by atoms with Crippen molar-refractivity contribution < 1.29 is 8.42 Å². The molecule has 3 heterocycles. The minimum atomic E-state index is -3.15. The van der Waals surface area contributed by atoms with Crippen LogP contribution in [0.5, 0.6) is 0 Å². The molecule has 0 radical (unpaired) electrons. The fraction of sp³-hybridized carbons (Fsp3) is 0.643. The molecule has 0 amide bonds. The standard InChI is InChI=1S/C28H38N6O2S2/c1-16-22(26-33-24-21(37-26)11-12-29-23(24)19-8-9-19)25(34-27(31-16)30-14-17-5-6-17)32-20-10-7-18(13-20)15-38(35,36)28(2,3)4/h11-12,17-20H,5-10,13-15H2,1-4H3,(H2,30,31,32,34). The van der Waals surface area contributed by atoms with Gasteiger partial charge in [-0.2, -0.15) is 4.98 Å². The molecule has 38 heavy (non-hydrogen) atoms. The average molecular weight is 555 g/mol. The quantitative estimate of drug-likeness (QED) is 0.334. The highest BCUT2D eigenvalue weighted by Crippen LogP contribution is 2.44. The van der Waals surface area contributed by atoms with Gasteiger partial charge in [-0.3, -0.25) is 4.98 Å². The van der Waals surface area contributed by atoms with Gasteiger partial charge >= 0.3 is 0 Å². The molecule has 3 aromatic rings. The maximum absolute atomic E-state index is 12.8. The smallest absolute Gasteiger partial charge is 0.224 e. The van der Waals surface area contributed by atoms with E-state index in [0.717, 1.165) is 63.8 Å². The molecule has 0 spiro atoms. The summed E-state index contributed by atoms with van der Waals surface area (Å²) in [6.45, 7) is 8.31. The molecular weight excluding hydrogens is 516 g/mol. The Morgan fingerprint density at radius 3 is 2.50 bits per heavy atom. The number of nitrogens with one attached hydrogen (secondary N) is 2. The van der Waals surface area contributed by atoms with E-state index in [1.54, 1.807) is 32.1 Å². The second-order valence-corrected chi connectivity index (χ2v) is 16.2. The van der Waals surface area contributed by atoms with Gasteiger partial charge in [0.25, 0.3) is 0 Å². The summed E-state index contributed by atoms with van der Waals surface area (Å²) in [6, 6.07) is 2.21. The summed E-state index contributed by atoms with van der Waals surface area (Å²) in [5.74, 6) is 3.08. The molecule has 3 saturated carbocycles. The minimum absolute atomic E-state index is 0.158. The van der Waals surface area contributed by atoms with E-state index in [2.05, 4.69) is 21.7 Å². The molecule has 2 unspecified atom stereocenters. The van der Waals surface area contributed by atoms with Crippen LogP contribution in [0.15, 0.2) is 12.3 Å². The van der Waals surface area contributed by atoms with Gasteiger partial charge in [-0.1, -0.05) is 0 Å². The fourth-order valence-electron chi connectivity index (χ4n) is 5.32. The van der Waals surface area contributed by atoms with Crippen molar-refractivity contribution >= 4 is 43.2 Å². The molecule has 0 aliphatic heterocycles. The molecule has 10 heteroatoms. The Morgan fingerprint density at radius 2 is 1.79 bits per heavy atom. The van der Waals surface area contributed by atoms with E-state index in [4.69, 9.17) is 15.0 Å². The topological polar surface area (TPSA) is 110 Å². The van der Waals surface area contributed by atoms with E-state index in [0.29, 0.717) is 17.8 Å². The molecule has 0 saturated heterocycles. The van der Waals surface area contributed by atoms with Crippen LogP contribution in [0.1, 0.15) is 83.0 Å². The first-order valence-corrected chi connectivity index (χ1v) is 16.4. The van der Waals surface area contributed by atoms with Crippen LogP contribution < -0.4 is 10.6 Å². The fourth-order valence-corrected chi connectivity index (χ4v) is 7.81. The molecule has 0 bridgehead atoms. The molecule has 3 aliphatic rings. The van der Waals surface area contributed by atoms with Crippen LogP contribution in [0.25, 0.3) is 20.8 Å². The normalized spacial score (nSPS) is 22.2. The van der Waals surface area contributed by atoms with Gasteiger partial charge in [-0.05, 0) is 90.5 Å². The number of hydrogen-bond donors (Lipinski definition) is 2. The van der Waals surface area contributed by atoms with Crippen molar-refractivity contribution in [3.05, 3.63) is 23.7 Å². The molecule has 2 N–H and O–H groups in total. The number of fused-ring (bicyclic) bond motifs is 1. The summed E-state index contributed by atoms with van der Waals surface area (Å²) in [4.78, 5) is 19.5. The van der Waals surface area contributed by atoms with Crippen molar-refractivity contribution in [1.82, 2.24) is 19.9 Å². The van der Waals surface area contributed by atoms with Crippen LogP contribution in [0.3, 0.4) is 0 Å². The Labute approximate surface area is 229 Å². The van der Waals surface area contributed by atoms with Crippen LogP contribution in [0.2, 0.25) is 0 Å². The monoisotopic (exact) mass is 554 g/mol. The van der Waals surface area contributed by atoms with Crippen molar-refractivity contribution in [2.75, 3.05) is 22.9 Å². The number of pyridine rings is 1. The Bertz CT molecular complexity index is 1450. The van der Waals surface area contributed by atoms with Crippen molar-refractivity contribution in [2.24, 2.45) is 11.8 Å². The van der Waals surface area contributed by atoms with Gasteiger partial charge in [0.05, 0.1) is 32.2 Å². The van der Waals surface area contributed by atoms with E-state index in [-0.39, 0.29) is 17.7 Å². The summed E-state index contributed by atoms with van der Waals surface area (Å²) in [7, 11) is -3.15. The summed E-state index contributed by atoms with van der Waals surface area (Å²) < 4.78 is 26.1. The van der Waals surface area contributed by atoms with Crippen LogP contribution in [0, 0.1) is 18.8 Å². The number of anilines is 2. The van der Waals surface area contributed by atoms with E-state index < -0.39 is 14.6 Å². The molecule has 3 aliphatic carbocycles. The van der Waals surface area contributed by atoms with Crippen LogP contribution >= 0.6 is 11.3 Å². The van der Waals surface area contributed by atoms with Crippen LogP contribution in [-0.4, -0.2) is 51.4 Å². The molecule has 204 valence electrons. The first-order chi connectivity index (χ1) is 18.1. The predicted octanol–water partition coefficient (Wildman–Crippen LogP) is 5.95. The highest BCUT2D eigenvalue weighted by molar-refractivity contribution is 7.92. The predicted molar refractivity (Wildman–Crippen MR) is 155 cm³/mol. The van der Waals surface area contributed by atoms with Gasteiger partial charge in [0.2, 0.25) is 5.95 Å². The third-order valence-corrected chi connectivity index (χ3v) is 11.9. The third-order valence-electron chi connectivity index (χ3n) is 8.12. The summed E-state index contributed by atoms with van der Waals surface area (Å²) >= 11 is 1.67. The number of nitrogens with zero attached hydrogens (tertiary/aromatic N) is 4. The maximum atomic E-state index is 12.8. The lowest BCUT2D eigenvalue weighted by Gasteiger charge is -2.22. The van der Waals surface area contributed by atoms with Gasteiger partial charge < -0.3 is 10.6 Å². The second-order valence-electron chi connectivity index (χ2n) is 12.4. The number of sulfone groups is 1. The average Bonchev–Trinajstić information content (AvgIpc) is 3.76. The summed E-state index contributed by atoms with van der Waals surface area (Å²) in [5, 5.41) is 8.05. The van der Waals surface area contributed by atoms with E-state index in [1.807, 2.05) is 13.1 Å². The molecule has 0 aromatic carbocycles. The van der Waals surface area contributed by atoms with Crippen molar-refractivity contribution in [3.63, 3.8) is 0 Å². The molecule has 6 rings (SSSR count). The maximum Gasteiger partial charge on any atom is 0.224 e. The van der Waals surface area contributed by atoms with Gasteiger partial charge in [0.15, 0.2) is 9.84 Å². The van der Waals surface area contributed by atoms with E-state index >= 15 is 0 Å². The first-order valence-electron chi connectivity index (χ1n) is 13.9. The largest absolute Gasteiger partial charge is 0.367 e. The number of hydrogen-bond acceptors (Lipinski definition) is 9. The molecule has 8 nitrogen and oxygen atoms in total. The molecule has 3 aromatic heterocycles. The number of aromatic nitrogens is 4. The first kappa shape index (κ1) is 25.9. The number of thiazole rings is 1. The molecule has 3 fully saturated rings. The molecular formula is C28H38N6O2S2. The highest BCUT2D eigenvalue weighted by Gasteiger charge is 2.36. The summed E-state index contributed by atoms with van der Waals surface area (Å²) in [5.41, 5.74) is 3.95. The van der Waals surface area contributed by atoms with Crippen molar-refractivity contribution in [2.45, 2.75) is 89.3 Å². The van der Waals surface area contributed by atoms with Crippen LogP contribution in [0.4, 0.5) is 11.8 Å². The Kier molecular flexibility index (Phi) is 6.61. The lowest BCUT2D eigenvalue weighted by Crippen LogP contribution is -2.33. The third kappa shape index (κ3) is 5.39. The number of aryl methyl sites for hydroxylation is 1. The lowest BCUT2D eigenvalue weighted by molar-refractivity contribution is 0.529. The van der Waals surface area contributed by atoms with Crippen molar-refractivity contribution in [3.8, 4) is 10.6 Å². The Balaban J connectivity index is 1.30. The number of rotatable bonds is 9. The minimum Gasteiger partial charge on any atom is -0.367 e. The van der Waals surface area contributed by atoms with Gasteiger partial charge in [-0.25, -0.2) is 18.4 Å². The zero-order valence-corrected chi connectivity index (χ0v) is 24.4. The van der Waals surface area contributed by atoms with Gasteiger partial charge in [-0.15, -0.1) is 11.3 Å². The van der Waals surface area contributed by atoms with Gasteiger partial charge in [0, 0.05) is 24.7 Å². The second kappa shape index (κ2) is 9.70. The Morgan fingerprint density at radius 1 is 1.03 bits per heavy atom. The van der Waals surface area contributed by atoms with Crippen LogP contribution in [-0.2, 0) is 9.84 Å². The zero-order chi connectivity index (χ0) is 26.7. The summed E-state index contributed by atoms with van der Waals surface area (Å²) in [6.07, 6.45) is 9.43. The van der Waals surface area contributed by atoms with Crippen molar-refractivity contribution in [1.29, 1.82) is 0 Å². The molecule has 2 atom stereocenters. The highest BCUT2D eigenvalue weighted by atomic mass is 32.2. The Hall–Kier alpha value is -2.33. The SMILES string of the molecule is Cc1nc(NCC2CC2)nc(NC2CCC(CS(=O)(=O)C(C)(C)C)C2)c1-c1nc2c(C3CC3)nccc2s1. The lowest BCUT2D eigenvalue weighted by atomic mass is 10.1. The van der Waals surface area contributed by atoms with E-state index in [1.165, 1.54) is 25.7 Å². The zero-order valence-electron chi connectivity index (χ0n) is 22.7. The van der Waals surface area contributed by atoms with E-state index in [9.17, 15) is 8.42 Å².